The number of nitrogens with one attached hydrogen (secondary N) is 1. The van der Waals surface area contributed by atoms with Crippen LogP contribution in [-0.4, -0.2) is 28.7 Å². The minimum Gasteiger partial charge on any atom is -0.474 e. The molecule has 1 aliphatic rings. The van der Waals surface area contributed by atoms with E-state index in [9.17, 15) is 0 Å². The first kappa shape index (κ1) is 12.1. The highest BCUT2D eigenvalue weighted by molar-refractivity contribution is 5.33. The van der Waals surface area contributed by atoms with Gasteiger partial charge in [-0.1, -0.05) is 0 Å². The Balaban J connectivity index is 1.86. The van der Waals surface area contributed by atoms with Gasteiger partial charge in [0.15, 0.2) is 0 Å². The second-order valence-corrected chi connectivity index (χ2v) is 4.79. The number of anilines is 1. The molecule has 1 fully saturated rings. The number of nitrogens with two attached hydrogens (primary N) is 1. The minimum absolute atomic E-state index is 0.105. The van der Waals surface area contributed by atoms with Crippen LogP contribution in [0.15, 0.2) is 12.4 Å². The monoisotopic (exact) mass is 236 g/mol. The van der Waals surface area contributed by atoms with Crippen molar-refractivity contribution in [3.63, 3.8) is 0 Å². The van der Waals surface area contributed by atoms with Crippen LogP contribution in [0.2, 0.25) is 0 Å². The molecule has 5 heteroatoms. The Morgan fingerprint density at radius 1 is 1.47 bits per heavy atom. The third kappa shape index (κ3) is 3.85. The van der Waals surface area contributed by atoms with Crippen LogP contribution in [0.25, 0.3) is 0 Å². The molecule has 2 rings (SSSR count). The first-order valence-electron chi connectivity index (χ1n) is 6.13. The second-order valence-electron chi connectivity index (χ2n) is 4.79. The smallest absolute Gasteiger partial charge is 0.234 e. The molecule has 0 aliphatic heterocycles. The van der Waals surface area contributed by atoms with Gasteiger partial charge in [-0.2, -0.15) is 4.98 Å². The summed E-state index contributed by atoms with van der Waals surface area (Å²) in [4.78, 5) is 8.40. The zero-order valence-corrected chi connectivity index (χ0v) is 10.4. The van der Waals surface area contributed by atoms with E-state index >= 15 is 0 Å². The number of nitrogens with zero attached hydrogens (tertiary/aromatic N) is 2. The van der Waals surface area contributed by atoms with Crippen LogP contribution in [0.5, 0.6) is 5.88 Å². The average molecular weight is 236 g/mol. The summed E-state index contributed by atoms with van der Waals surface area (Å²) in [7, 11) is 0. The number of rotatable bonds is 6. The van der Waals surface area contributed by atoms with Crippen molar-refractivity contribution < 1.29 is 4.74 Å². The van der Waals surface area contributed by atoms with Crippen molar-refractivity contribution in [1.82, 2.24) is 9.97 Å². The van der Waals surface area contributed by atoms with E-state index < -0.39 is 0 Å². The van der Waals surface area contributed by atoms with E-state index in [0.717, 1.165) is 12.4 Å². The van der Waals surface area contributed by atoms with Crippen LogP contribution in [0.4, 0.5) is 5.82 Å². The van der Waals surface area contributed by atoms with Crippen molar-refractivity contribution in [2.45, 2.75) is 38.8 Å². The van der Waals surface area contributed by atoms with Gasteiger partial charge in [-0.3, -0.25) is 4.98 Å². The fraction of sp³-hybridized carbons (Fsp3) is 0.667. The first-order chi connectivity index (χ1) is 8.15. The Hall–Kier alpha value is -1.36. The average Bonchev–Trinajstić information content (AvgIpc) is 3.09. The lowest BCUT2D eigenvalue weighted by Crippen LogP contribution is -2.31. The van der Waals surface area contributed by atoms with Gasteiger partial charge in [-0.05, 0) is 32.6 Å². The molecule has 0 saturated heterocycles. The zero-order chi connectivity index (χ0) is 12.3. The van der Waals surface area contributed by atoms with E-state index in [1.807, 2.05) is 13.8 Å². The molecule has 94 valence electrons. The number of ether oxygens (including phenoxy) is 1. The van der Waals surface area contributed by atoms with Crippen LogP contribution in [0.1, 0.15) is 26.7 Å². The maximum absolute atomic E-state index is 6.00. The summed E-state index contributed by atoms with van der Waals surface area (Å²) < 4.78 is 5.48. The molecule has 0 radical (unpaired) electrons. The van der Waals surface area contributed by atoms with Crippen LogP contribution >= 0.6 is 0 Å². The van der Waals surface area contributed by atoms with E-state index in [-0.39, 0.29) is 12.1 Å². The normalized spacial score (nSPS) is 16.9. The molecule has 0 bridgehead atoms. The largest absolute Gasteiger partial charge is 0.474 e. The highest BCUT2D eigenvalue weighted by Gasteiger charge is 2.28. The third-order valence-electron chi connectivity index (χ3n) is 2.72. The lowest BCUT2D eigenvalue weighted by Gasteiger charge is -2.13. The Morgan fingerprint density at radius 3 is 2.88 bits per heavy atom. The number of aromatic nitrogens is 2. The van der Waals surface area contributed by atoms with Crippen LogP contribution in [0.3, 0.4) is 0 Å². The van der Waals surface area contributed by atoms with Gasteiger partial charge in [-0.15, -0.1) is 0 Å². The van der Waals surface area contributed by atoms with Gasteiger partial charge in [0.2, 0.25) is 5.88 Å². The van der Waals surface area contributed by atoms with Gasteiger partial charge < -0.3 is 15.8 Å². The maximum Gasteiger partial charge on any atom is 0.234 e. The SMILES string of the molecule is CC(C)Oc1cncc(NCC(N)C2CC2)n1. The van der Waals surface area contributed by atoms with Crippen molar-refractivity contribution in [2.75, 3.05) is 11.9 Å². The molecule has 1 unspecified atom stereocenters. The second kappa shape index (κ2) is 5.31. The van der Waals surface area contributed by atoms with Crippen LogP contribution < -0.4 is 15.8 Å². The van der Waals surface area contributed by atoms with E-state index in [1.54, 1.807) is 12.4 Å². The van der Waals surface area contributed by atoms with Crippen molar-refractivity contribution in [3.8, 4) is 5.88 Å². The van der Waals surface area contributed by atoms with E-state index in [1.165, 1.54) is 12.8 Å². The standard InChI is InChI=1S/C12H20N4O/c1-8(2)17-12-7-14-6-11(16-12)15-5-10(13)9-3-4-9/h6-10H,3-5,13H2,1-2H3,(H,15,16). The highest BCUT2D eigenvalue weighted by atomic mass is 16.5. The summed E-state index contributed by atoms with van der Waals surface area (Å²) in [5, 5.41) is 3.20. The van der Waals surface area contributed by atoms with Crippen LogP contribution in [0, 0.1) is 5.92 Å². The minimum atomic E-state index is 0.105. The third-order valence-corrected chi connectivity index (χ3v) is 2.72. The first-order valence-corrected chi connectivity index (χ1v) is 6.13. The Morgan fingerprint density at radius 2 is 2.24 bits per heavy atom. The fourth-order valence-corrected chi connectivity index (χ4v) is 1.64. The van der Waals surface area contributed by atoms with Gasteiger partial charge in [0, 0.05) is 12.6 Å². The van der Waals surface area contributed by atoms with Crippen molar-refractivity contribution in [2.24, 2.45) is 11.7 Å². The van der Waals surface area contributed by atoms with Gasteiger partial charge in [0.25, 0.3) is 0 Å². The number of hydrogen-bond acceptors (Lipinski definition) is 5. The lowest BCUT2D eigenvalue weighted by molar-refractivity contribution is 0.232. The van der Waals surface area contributed by atoms with Crippen LogP contribution in [-0.2, 0) is 0 Å². The van der Waals surface area contributed by atoms with E-state index in [2.05, 4.69) is 15.3 Å². The molecule has 1 heterocycles. The highest BCUT2D eigenvalue weighted by Crippen LogP contribution is 2.31. The fourth-order valence-electron chi connectivity index (χ4n) is 1.64. The summed E-state index contributed by atoms with van der Waals surface area (Å²) in [6.07, 6.45) is 5.92. The number of hydrogen-bond donors (Lipinski definition) is 2. The topological polar surface area (TPSA) is 73.1 Å². The molecule has 3 N–H and O–H groups in total. The molecule has 0 spiro atoms. The van der Waals surface area contributed by atoms with Gasteiger partial charge in [0.05, 0.1) is 18.5 Å². The quantitative estimate of drug-likeness (QED) is 0.781. The van der Waals surface area contributed by atoms with E-state index in [4.69, 9.17) is 10.5 Å². The summed E-state index contributed by atoms with van der Waals surface area (Å²) in [5.74, 6) is 1.95. The maximum atomic E-state index is 6.00. The molecule has 1 aromatic rings. The lowest BCUT2D eigenvalue weighted by atomic mass is 10.2. The molecule has 5 nitrogen and oxygen atoms in total. The summed E-state index contributed by atoms with van der Waals surface area (Å²) in [6.45, 7) is 4.67. The molecule has 1 aliphatic carbocycles. The summed E-state index contributed by atoms with van der Waals surface area (Å²) in [6, 6.07) is 0.214. The predicted molar refractivity (Wildman–Crippen MR) is 67.0 cm³/mol. The molecular formula is C12H20N4O. The molecule has 0 amide bonds. The summed E-state index contributed by atoms with van der Waals surface area (Å²) in [5.41, 5.74) is 6.00. The Kier molecular flexibility index (Phi) is 3.78. The Labute approximate surface area is 102 Å². The predicted octanol–water partition coefficient (Wildman–Crippen LogP) is 1.41. The summed E-state index contributed by atoms with van der Waals surface area (Å²) >= 11 is 0. The molecule has 1 atom stereocenters. The molecule has 17 heavy (non-hydrogen) atoms. The van der Waals surface area contributed by atoms with Crippen molar-refractivity contribution in [1.29, 1.82) is 0 Å². The molecule has 1 aromatic heterocycles. The zero-order valence-electron chi connectivity index (χ0n) is 10.4. The van der Waals surface area contributed by atoms with Crippen molar-refractivity contribution in [3.05, 3.63) is 12.4 Å². The van der Waals surface area contributed by atoms with E-state index in [0.29, 0.717) is 11.8 Å². The van der Waals surface area contributed by atoms with Gasteiger partial charge >= 0.3 is 0 Å². The van der Waals surface area contributed by atoms with Crippen molar-refractivity contribution >= 4 is 5.82 Å². The molecule has 1 saturated carbocycles. The van der Waals surface area contributed by atoms with Gasteiger partial charge in [0.1, 0.15) is 5.82 Å². The molecule has 0 aromatic carbocycles. The van der Waals surface area contributed by atoms with Gasteiger partial charge in [-0.25, -0.2) is 0 Å². The Bertz CT molecular complexity index is 365. The molecular weight excluding hydrogens is 216 g/mol.